The Labute approximate surface area is 242 Å². The average molecular weight is 589 g/mol. The van der Waals surface area contributed by atoms with Crippen LogP contribution in [0.5, 0.6) is 0 Å². The van der Waals surface area contributed by atoms with Crippen LogP contribution in [-0.2, 0) is 47.6 Å². The minimum atomic E-state index is -1.08. The molecule has 1 aromatic heterocycles. The van der Waals surface area contributed by atoms with Gasteiger partial charge in [-0.15, -0.1) is 5.10 Å². The first-order valence-electron chi connectivity index (χ1n) is 14.1. The number of hydrogen-bond donors (Lipinski definition) is 1. The van der Waals surface area contributed by atoms with Crippen LogP contribution in [0.2, 0.25) is 0 Å². The second kappa shape index (κ2) is 12.0. The maximum absolute atomic E-state index is 12.3. The molecular weight excluding hydrogens is 552 g/mol. The summed E-state index contributed by atoms with van der Waals surface area (Å²) in [6.07, 6.45) is -3.05. The van der Waals surface area contributed by atoms with Gasteiger partial charge in [-0.2, -0.15) is 5.48 Å². The van der Waals surface area contributed by atoms with E-state index in [1.807, 2.05) is 44.2 Å². The molecule has 2 aromatic rings. The van der Waals surface area contributed by atoms with Crippen molar-refractivity contribution in [3.63, 3.8) is 0 Å². The lowest BCUT2D eigenvalue weighted by molar-refractivity contribution is -0.341. The quantitative estimate of drug-likeness (QED) is 0.488. The van der Waals surface area contributed by atoms with E-state index < -0.39 is 54.7 Å². The number of nitrogens with one attached hydrogen (secondary N) is 1. The highest BCUT2D eigenvalue weighted by atomic mass is 16.8. The molecule has 4 aliphatic heterocycles. The summed E-state index contributed by atoms with van der Waals surface area (Å²) in [7, 11) is 0. The molecule has 4 fully saturated rings. The van der Waals surface area contributed by atoms with Gasteiger partial charge in [0.15, 0.2) is 30.5 Å². The summed E-state index contributed by atoms with van der Waals surface area (Å²) >= 11 is 0. The Bertz CT molecular complexity index is 1260. The van der Waals surface area contributed by atoms with Gasteiger partial charge in [-0.1, -0.05) is 35.5 Å². The normalized spacial score (nSPS) is 36.1. The summed E-state index contributed by atoms with van der Waals surface area (Å²) < 4.78 is 43.5. The van der Waals surface area contributed by atoms with E-state index in [4.69, 9.17) is 38.0 Å². The molecule has 0 bridgehead atoms. The molecule has 0 spiro atoms. The Balaban J connectivity index is 1.27. The molecule has 14 heteroatoms. The first kappa shape index (κ1) is 29.1. The third kappa shape index (κ3) is 6.06. The van der Waals surface area contributed by atoms with Crippen LogP contribution in [0.1, 0.15) is 63.8 Å². The van der Waals surface area contributed by atoms with Gasteiger partial charge in [-0.3, -0.25) is 9.59 Å². The third-order valence-corrected chi connectivity index (χ3v) is 7.76. The highest BCUT2D eigenvalue weighted by molar-refractivity contribution is 5.67. The van der Waals surface area contributed by atoms with Crippen LogP contribution in [-0.4, -0.2) is 89.1 Å². The largest absolute Gasteiger partial charge is 0.455 e. The van der Waals surface area contributed by atoms with Crippen LogP contribution >= 0.6 is 0 Å². The molecule has 4 aliphatic rings. The van der Waals surface area contributed by atoms with E-state index in [1.54, 1.807) is 6.20 Å². The van der Waals surface area contributed by atoms with E-state index in [9.17, 15) is 9.59 Å². The number of benzene rings is 1. The molecule has 4 saturated heterocycles. The van der Waals surface area contributed by atoms with Crippen molar-refractivity contribution in [1.82, 2.24) is 20.5 Å². The summed E-state index contributed by atoms with van der Waals surface area (Å²) in [5.41, 5.74) is 4.54. The van der Waals surface area contributed by atoms with Crippen molar-refractivity contribution < 1.29 is 47.6 Å². The zero-order valence-corrected chi connectivity index (χ0v) is 23.9. The van der Waals surface area contributed by atoms with Crippen LogP contribution in [0.15, 0.2) is 36.5 Å². The molecule has 42 heavy (non-hydrogen) atoms. The molecule has 228 valence electrons. The molecule has 0 saturated carbocycles. The van der Waals surface area contributed by atoms with Gasteiger partial charge in [0.2, 0.25) is 0 Å². The minimum absolute atomic E-state index is 0.115. The highest BCUT2D eigenvalue weighted by Gasteiger charge is 2.54. The van der Waals surface area contributed by atoms with Crippen molar-refractivity contribution in [2.24, 2.45) is 0 Å². The smallest absolute Gasteiger partial charge is 0.303 e. The summed E-state index contributed by atoms with van der Waals surface area (Å²) in [6, 6.07) is 9.15. The Morgan fingerprint density at radius 1 is 1.02 bits per heavy atom. The Kier molecular flexibility index (Phi) is 8.29. The van der Waals surface area contributed by atoms with Crippen molar-refractivity contribution >= 4 is 11.9 Å². The predicted molar refractivity (Wildman–Crippen MR) is 140 cm³/mol. The first-order chi connectivity index (χ1) is 20.2. The molecule has 9 atom stereocenters. The van der Waals surface area contributed by atoms with Crippen LogP contribution in [0, 0.1) is 0 Å². The van der Waals surface area contributed by atoms with Crippen LogP contribution < -0.4 is 5.48 Å². The van der Waals surface area contributed by atoms with Gasteiger partial charge in [0.05, 0.1) is 37.8 Å². The highest BCUT2D eigenvalue weighted by Crippen LogP contribution is 2.40. The third-order valence-electron chi connectivity index (χ3n) is 7.76. The Morgan fingerprint density at radius 2 is 1.79 bits per heavy atom. The van der Waals surface area contributed by atoms with Gasteiger partial charge in [0, 0.05) is 25.3 Å². The van der Waals surface area contributed by atoms with E-state index in [2.05, 4.69) is 15.8 Å². The average Bonchev–Trinajstić information content (AvgIpc) is 3.60. The van der Waals surface area contributed by atoms with Crippen LogP contribution in [0.25, 0.3) is 0 Å². The number of aromatic nitrogens is 3. The summed E-state index contributed by atoms with van der Waals surface area (Å²) in [4.78, 5) is 30.1. The van der Waals surface area contributed by atoms with E-state index in [-0.39, 0.29) is 24.7 Å². The molecule has 6 rings (SSSR count). The van der Waals surface area contributed by atoms with E-state index >= 15 is 0 Å². The topological polar surface area (TPSA) is 151 Å². The van der Waals surface area contributed by atoms with Crippen LogP contribution in [0.4, 0.5) is 0 Å². The number of nitrogens with zero attached hydrogens (tertiary/aromatic N) is 3. The number of hydrogen-bond acceptors (Lipinski definition) is 13. The fourth-order valence-corrected chi connectivity index (χ4v) is 5.95. The second-order valence-corrected chi connectivity index (χ2v) is 11.3. The lowest BCUT2D eigenvalue weighted by Crippen LogP contribution is -2.62. The van der Waals surface area contributed by atoms with E-state index in [0.717, 1.165) is 5.56 Å². The van der Waals surface area contributed by atoms with Crippen molar-refractivity contribution in [3.8, 4) is 0 Å². The van der Waals surface area contributed by atoms with Crippen molar-refractivity contribution in [3.05, 3.63) is 47.8 Å². The van der Waals surface area contributed by atoms with Gasteiger partial charge in [-0.25, -0.2) is 4.68 Å². The number of carbonyl (C=O) groups excluding carboxylic acids is 2. The molecule has 1 N–H and O–H groups in total. The minimum Gasteiger partial charge on any atom is -0.455 e. The second-order valence-electron chi connectivity index (χ2n) is 11.3. The Morgan fingerprint density at radius 3 is 2.50 bits per heavy atom. The summed E-state index contributed by atoms with van der Waals surface area (Å²) in [5, 5.41) is 8.82. The molecule has 0 aliphatic carbocycles. The lowest BCUT2D eigenvalue weighted by atomic mass is 9.89. The standard InChI is InChI=1S/C28H36N4O10/c1-15(33)38-24-23-21(13-35-27(41-23)17-8-6-5-7-9-17)40-26(25(24)39-16(2)34)32-12-19(29-31-32)18-10-11-37-30-22(18)20-14-36-28(3,4)42-20/h5-9,12,18,20-27,30H,10-11,13-14H2,1-4H3/t18-,20+,21+,22-,23-,24-,25+,26+,27?/m0/s1. The fraction of sp³-hybridized carbons (Fsp3) is 0.643. The monoisotopic (exact) mass is 588 g/mol. The zero-order valence-electron chi connectivity index (χ0n) is 23.9. The molecule has 0 radical (unpaired) electrons. The Hall–Kier alpha value is -2.98. The first-order valence-corrected chi connectivity index (χ1v) is 14.1. The number of rotatable bonds is 6. The molecule has 14 nitrogen and oxygen atoms in total. The van der Waals surface area contributed by atoms with Crippen LogP contribution in [0.3, 0.4) is 0 Å². The molecule has 1 unspecified atom stereocenters. The maximum atomic E-state index is 12.3. The van der Waals surface area contributed by atoms with Crippen molar-refractivity contribution in [2.45, 2.75) is 94.9 Å². The zero-order chi connectivity index (χ0) is 29.4. The number of ether oxygens (including phenoxy) is 7. The number of fused-ring (bicyclic) bond motifs is 1. The maximum Gasteiger partial charge on any atom is 0.303 e. The van der Waals surface area contributed by atoms with E-state index in [0.29, 0.717) is 25.3 Å². The van der Waals surface area contributed by atoms with Gasteiger partial charge >= 0.3 is 11.9 Å². The van der Waals surface area contributed by atoms with Crippen molar-refractivity contribution in [1.29, 1.82) is 0 Å². The number of hydroxylamine groups is 1. The summed E-state index contributed by atoms with van der Waals surface area (Å²) in [6.45, 7) is 7.32. The van der Waals surface area contributed by atoms with Crippen molar-refractivity contribution in [2.75, 3.05) is 19.8 Å². The number of carbonyl (C=O) groups is 2. The molecule has 1 aromatic carbocycles. The van der Waals surface area contributed by atoms with Gasteiger partial charge in [-0.05, 0) is 20.3 Å². The number of esters is 2. The molecule has 5 heterocycles. The van der Waals surface area contributed by atoms with E-state index in [1.165, 1.54) is 18.5 Å². The molecular formula is C28H36N4O10. The fourth-order valence-electron chi connectivity index (χ4n) is 5.95. The lowest BCUT2D eigenvalue weighted by Gasteiger charge is -2.48. The molecule has 0 amide bonds. The summed E-state index contributed by atoms with van der Waals surface area (Å²) in [5.74, 6) is -1.95. The van der Waals surface area contributed by atoms with Gasteiger partial charge in [0.1, 0.15) is 18.3 Å². The predicted octanol–water partition coefficient (Wildman–Crippen LogP) is 1.68. The van der Waals surface area contributed by atoms with Gasteiger partial charge in [0.25, 0.3) is 0 Å². The SMILES string of the molecule is CC(=O)O[C@@H]1[C@@H](OC(C)=O)[C@H](n2cc([C@@H]3CCON[C@@H]3[C@H]3COC(C)(C)O3)nn2)O[C@@H]2COC(c3ccccc3)O[C@H]12. The van der Waals surface area contributed by atoms with Gasteiger partial charge < -0.3 is 38.0 Å².